The summed E-state index contributed by atoms with van der Waals surface area (Å²) in [5.74, 6) is -2.16. The Morgan fingerprint density at radius 3 is 2.44 bits per heavy atom. The number of rotatable bonds is 4. The molecule has 2 rings (SSSR count). The molecule has 10 heteroatoms. The minimum atomic E-state index is -4.51. The maximum absolute atomic E-state index is 13.0. The number of sulfonamides is 1. The van der Waals surface area contributed by atoms with E-state index in [1.54, 1.807) is 0 Å². The minimum Gasteiger partial charge on any atom is -0.336 e. The van der Waals surface area contributed by atoms with Crippen LogP contribution in [-0.2, 0) is 14.8 Å². The lowest BCUT2D eigenvalue weighted by atomic mass is 9.98. The average Bonchev–Trinajstić information content (AvgIpc) is 2.53. The van der Waals surface area contributed by atoms with Gasteiger partial charge in [-0.3, -0.25) is 4.79 Å². The third-order valence-corrected chi connectivity index (χ3v) is 5.86. The van der Waals surface area contributed by atoms with Crippen LogP contribution in [0, 0.1) is 11.7 Å². The van der Waals surface area contributed by atoms with E-state index in [9.17, 15) is 30.8 Å². The molecule has 0 saturated carbocycles. The molecule has 0 radical (unpaired) electrons. The van der Waals surface area contributed by atoms with Crippen LogP contribution in [0.1, 0.15) is 12.8 Å². The molecule has 0 aromatic heterocycles. The molecule has 1 aliphatic rings. The van der Waals surface area contributed by atoms with Crippen LogP contribution in [0.25, 0.3) is 0 Å². The predicted molar refractivity (Wildman–Crippen MR) is 81.6 cm³/mol. The van der Waals surface area contributed by atoms with Crippen molar-refractivity contribution < 1.29 is 30.8 Å². The minimum absolute atomic E-state index is 0.120. The van der Waals surface area contributed by atoms with E-state index in [4.69, 9.17) is 0 Å². The summed E-state index contributed by atoms with van der Waals surface area (Å²) in [6, 6.07) is 4.25. The lowest BCUT2D eigenvalue weighted by Gasteiger charge is -2.33. The van der Waals surface area contributed by atoms with Gasteiger partial charge in [0, 0.05) is 20.1 Å². The Bertz CT molecular complexity index is 719. The molecule has 1 heterocycles. The largest absolute Gasteiger partial charge is 0.406 e. The Morgan fingerprint density at radius 1 is 1.28 bits per heavy atom. The summed E-state index contributed by atoms with van der Waals surface area (Å²) in [6.07, 6.45) is -3.84. The normalized spacial score (nSPS) is 19.6. The number of benzene rings is 1. The zero-order chi connectivity index (χ0) is 18.8. The Labute approximate surface area is 143 Å². The first-order valence-electron chi connectivity index (χ1n) is 7.58. The van der Waals surface area contributed by atoms with Crippen molar-refractivity contribution in [2.75, 3.05) is 26.7 Å². The highest BCUT2D eigenvalue weighted by Gasteiger charge is 2.37. The highest BCUT2D eigenvalue weighted by molar-refractivity contribution is 7.89. The Morgan fingerprint density at radius 2 is 1.88 bits per heavy atom. The van der Waals surface area contributed by atoms with E-state index in [0.717, 1.165) is 35.6 Å². The first-order valence-corrected chi connectivity index (χ1v) is 9.02. The zero-order valence-electron chi connectivity index (χ0n) is 13.5. The van der Waals surface area contributed by atoms with E-state index < -0.39 is 40.4 Å². The van der Waals surface area contributed by atoms with Crippen molar-refractivity contribution in [2.24, 2.45) is 5.92 Å². The quantitative estimate of drug-likeness (QED) is 0.751. The molecule has 1 aliphatic heterocycles. The van der Waals surface area contributed by atoms with E-state index >= 15 is 0 Å². The number of halogens is 4. The predicted octanol–water partition coefficient (Wildman–Crippen LogP) is 2.25. The molecular weight excluding hydrogens is 364 g/mol. The van der Waals surface area contributed by atoms with Crippen molar-refractivity contribution in [2.45, 2.75) is 23.9 Å². The molecule has 1 fully saturated rings. The zero-order valence-corrected chi connectivity index (χ0v) is 14.3. The number of nitrogens with zero attached hydrogens (tertiary/aromatic N) is 2. The third-order valence-electron chi connectivity index (χ3n) is 3.98. The summed E-state index contributed by atoms with van der Waals surface area (Å²) < 4.78 is 76.4. The van der Waals surface area contributed by atoms with Crippen LogP contribution in [-0.4, -0.2) is 56.4 Å². The van der Waals surface area contributed by atoms with Crippen molar-refractivity contribution >= 4 is 15.9 Å². The first kappa shape index (κ1) is 19.6. The fourth-order valence-electron chi connectivity index (χ4n) is 2.78. The van der Waals surface area contributed by atoms with Crippen molar-refractivity contribution in [1.29, 1.82) is 0 Å². The van der Waals surface area contributed by atoms with Crippen molar-refractivity contribution in [3.05, 3.63) is 30.1 Å². The second-order valence-electron chi connectivity index (χ2n) is 5.97. The Hall–Kier alpha value is -1.68. The highest BCUT2D eigenvalue weighted by Crippen LogP contribution is 2.26. The van der Waals surface area contributed by atoms with Gasteiger partial charge >= 0.3 is 6.18 Å². The van der Waals surface area contributed by atoms with Gasteiger partial charge in [-0.05, 0) is 37.1 Å². The molecule has 0 spiro atoms. The van der Waals surface area contributed by atoms with E-state index in [0.29, 0.717) is 17.7 Å². The molecule has 0 N–H and O–H groups in total. The number of amides is 1. The smallest absolute Gasteiger partial charge is 0.336 e. The second kappa shape index (κ2) is 7.28. The fourth-order valence-corrected chi connectivity index (χ4v) is 4.30. The van der Waals surface area contributed by atoms with E-state index in [1.807, 2.05) is 0 Å². The SMILES string of the molecule is CN(CC(F)(F)F)C(=O)[C@H]1CCCN(S(=O)(=O)c2ccc(F)cc2)C1. The van der Waals surface area contributed by atoms with E-state index in [1.165, 1.54) is 0 Å². The van der Waals surface area contributed by atoms with Gasteiger partial charge in [-0.2, -0.15) is 17.5 Å². The molecule has 5 nitrogen and oxygen atoms in total. The summed E-state index contributed by atoms with van der Waals surface area (Å²) in [5, 5.41) is 0. The lowest BCUT2D eigenvalue weighted by molar-refractivity contribution is -0.161. The van der Waals surface area contributed by atoms with Crippen LogP contribution in [0.4, 0.5) is 17.6 Å². The molecule has 1 aromatic rings. The van der Waals surface area contributed by atoms with Gasteiger partial charge in [0.05, 0.1) is 10.8 Å². The maximum atomic E-state index is 13.0. The van der Waals surface area contributed by atoms with Gasteiger partial charge in [0.25, 0.3) is 0 Å². The van der Waals surface area contributed by atoms with Crippen LogP contribution in [0.2, 0.25) is 0 Å². The van der Waals surface area contributed by atoms with Gasteiger partial charge in [0.2, 0.25) is 15.9 Å². The number of piperidine rings is 1. The molecule has 1 saturated heterocycles. The van der Waals surface area contributed by atoms with Gasteiger partial charge in [-0.25, -0.2) is 12.8 Å². The molecular formula is C15H18F4N2O3S. The summed E-state index contributed by atoms with van der Waals surface area (Å²) in [6.45, 7) is -1.42. The Balaban J connectivity index is 2.12. The van der Waals surface area contributed by atoms with Crippen LogP contribution in [0.15, 0.2) is 29.2 Å². The van der Waals surface area contributed by atoms with E-state index in [-0.39, 0.29) is 18.0 Å². The monoisotopic (exact) mass is 382 g/mol. The van der Waals surface area contributed by atoms with Crippen LogP contribution in [0.5, 0.6) is 0 Å². The van der Waals surface area contributed by atoms with Gasteiger partial charge in [-0.1, -0.05) is 0 Å². The lowest BCUT2D eigenvalue weighted by Crippen LogP contribution is -2.47. The van der Waals surface area contributed by atoms with Gasteiger partial charge in [0.15, 0.2) is 0 Å². The number of hydrogen-bond acceptors (Lipinski definition) is 3. The van der Waals surface area contributed by atoms with Crippen LogP contribution in [0.3, 0.4) is 0 Å². The number of alkyl halides is 3. The van der Waals surface area contributed by atoms with Gasteiger partial charge in [-0.15, -0.1) is 0 Å². The Kier molecular flexibility index (Phi) is 5.72. The molecule has 1 amide bonds. The topological polar surface area (TPSA) is 57.7 Å². The van der Waals surface area contributed by atoms with Crippen molar-refractivity contribution in [3.63, 3.8) is 0 Å². The average molecular weight is 382 g/mol. The molecule has 0 unspecified atom stereocenters. The number of carbonyl (C=O) groups excluding carboxylic acids is 1. The fraction of sp³-hybridized carbons (Fsp3) is 0.533. The van der Waals surface area contributed by atoms with Gasteiger partial charge < -0.3 is 4.90 Å². The van der Waals surface area contributed by atoms with Gasteiger partial charge in [0.1, 0.15) is 12.4 Å². The molecule has 1 aromatic carbocycles. The molecule has 1 atom stereocenters. The van der Waals surface area contributed by atoms with Crippen LogP contribution >= 0.6 is 0 Å². The van der Waals surface area contributed by atoms with Crippen LogP contribution < -0.4 is 0 Å². The molecule has 0 aliphatic carbocycles. The second-order valence-corrected chi connectivity index (χ2v) is 7.90. The summed E-state index contributed by atoms with van der Waals surface area (Å²) >= 11 is 0. The molecule has 0 bridgehead atoms. The summed E-state index contributed by atoms with van der Waals surface area (Å²) in [5.41, 5.74) is 0. The molecule has 140 valence electrons. The first-order chi connectivity index (χ1) is 11.5. The number of carbonyl (C=O) groups is 1. The van der Waals surface area contributed by atoms with Crippen molar-refractivity contribution in [3.8, 4) is 0 Å². The summed E-state index contributed by atoms with van der Waals surface area (Å²) in [4.78, 5) is 12.6. The third kappa shape index (κ3) is 4.91. The van der Waals surface area contributed by atoms with E-state index in [2.05, 4.69) is 0 Å². The van der Waals surface area contributed by atoms with Crippen molar-refractivity contribution in [1.82, 2.24) is 9.21 Å². The molecule has 25 heavy (non-hydrogen) atoms. The highest BCUT2D eigenvalue weighted by atomic mass is 32.2. The maximum Gasteiger partial charge on any atom is 0.406 e. The number of hydrogen-bond donors (Lipinski definition) is 0. The summed E-state index contributed by atoms with van der Waals surface area (Å²) in [7, 11) is -2.89. The standard InChI is InChI=1S/C15H18F4N2O3S/c1-20(10-15(17,18)19)14(22)11-3-2-8-21(9-11)25(23,24)13-6-4-12(16)5-7-13/h4-7,11H,2-3,8-10H2,1H3/t11-/m0/s1.